The highest BCUT2D eigenvalue weighted by Gasteiger charge is 2.08. The summed E-state index contributed by atoms with van der Waals surface area (Å²) >= 11 is 1.86. The number of hydrogen-bond acceptors (Lipinski definition) is 3. The second-order valence-electron chi connectivity index (χ2n) is 4.88. The molecule has 1 aromatic rings. The van der Waals surface area contributed by atoms with Crippen molar-refractivity contribution in [1.82, 2.24) is 5.32 Å². The average Bonchev–Trinajstić information content (AvgIpc) is 2.41. The lowest BCUT2D eigenvalue weighted by Gasteiger charge is -2.17. The van der Waals surface area contributed by atoms with Gasteiger partial charge in [-0.2, -0.15) is 0 Å². The van der Waals surface area contributed by atoms with Gasteiger partial charge in [0.25, 0.3) is 0 Å². The quantitative estimate of drug-likeness (QED) is 0.429. The van der Waals surface area contributed by atoms with Gasteiger partial charge >= 0.3 is 0 Å². The molecule has 0 radical (unpaired) electrons. The van der Waals surface area contributed by atoms with Crippen molar-refractivity contribution in [2.24, 2.45) is 16.5 Å². The van der Waals surface area contributed by atoms with E-state index in [0.717, 1.165) is 5.75 Å². The van der Waals surface area contributed by atoms with Gasteiger partial charge in [0.2, 0.25) is 0 Å². The Kier molecular flexibility index (Phi) is 9.91. The largest absolute Gasteiger partial charge is 0.370 e. The number of rotatable bonds is 6. The Labute approximate surface area is 133 Å². The van der Waals surface area contributed by atoms with Crippen molar-refractivity contribution in [3.8, 4) is 0 Å². The summed E-state index contributed by atoms with van der Waals surface area (Å²) in [6.07, 6.45) is -0.0563. The van der Waals surface area contributed by atoms with Gasteiger partial charge in [0.05, 0.1) is 0 Å². The molecule has 2 atom stereocenters. The summed E-state index contributed by atoms with van der Waals surface area (Å²) in [6.45, 7) is 12.3. The number of benzene rings is 1. The van der Waals surface area contributed by atoms with Crippen molar-refractivity contribution < 1.29 is 0 Å². The first kappa shape index (κ1) is 19.8. The zero-order chi connectivity index (χ0) is 16.4. The number of thioether (sulfide) groups is 1. The maximum Gasteiger partial charge on any atom is 0.187 e. The standard InChI is InChI=1S/C14H24N4S.C2H6/c1-9-5-6-10(2)13(7-9)19-8-11(3)17-12(4)18-14(15)16;1-2/h5-7,11-12,17H,8H2,1-4H3,(H4,15,16,18);1-2H3. The average molecular weight is 311 g/mol. The molecule has 5 N–H and O–H groups in total. The maximum atomic E-state index is 5.35. The Balaban J connectivity index is 0.00000191. The zero-order valence-electron chi connectivity index (χ0n) is 14.1. The normalized spacial score (nSPS) is 12.9. The van der Waals surface area contributed by atoms with E-state index < -0.39 is 0 Å². The van der Waals surface area contributed by atoms with E-state index in [9.17, 15) is 0 Å². The lowest BCUT2D eigenvalue weighted by molar-refractivity contribution is 0.508. The minimum absolute atomic E-state index is 0.0563. The molecule has 5 heteroatoms. The van der Waals surface area contributed by atoms with Crippen LogP contribution in [0.3, 0.4) is 0 Å². The van der Waals surface area contributed by atoms with Gasteiger partial charge < -0.3 is 11.5 Å². The third-order valence-corrected chi connectivity index (χ3v) is 4.12. The minimum Gasteiger partial charge on any atom is -0.370 e. The molecular weight excluding hydrogens is 280 g/mol. The summed E-state index contributed by atoms with van der Waals surface area (Å²) in [6, 6.07) is 6.87. The van der Waals surface area contributed by atoms with Gasteiger partial charge in [-0.1, -0.05) is 31.5 Å². The Bertz CT molecular complexity index is 442. The molecule has 1 aromatic carbocycles. The molecule has 4 nitrogen and oxygen atoms in total. The smallest absolute Gasteiger partial charge is 0.187 e. The number of aliphatic imine (C=N–C) groups is 1. The van der Waals surface area contributed by atoms with E-state index in [1.165, 1.54) is 16.0 Å². The van der Waals surface area contributed by atoms with Crippen molar-refractivity contribution in [3.63, 3.8) is 0 Å². The Morgan fingerprint density at radius 2 is 1.86 bits per heavy atom. The third kappa shape index (κ3) is 8.63. The molecule has 0 saturated heterocycles. The number of aryl methyl sites for hydroxylation is 2. The third-order valence-electron chi connectivity index (χ3n) is 2.70. The molecule has 0 saturated carbocycles. The lowest BCUT2D eigenvalue weighted by atomic mass is 10.2. The van der Waals surface area contributed by atoms with E-state index in [1.807, 2.05) is 32.5 Å². The fraction of sp³-hybridized carbons (Fsp3) is 0.562. The van der Waals surface area contributed by atoms with E-state index in [4.69, 9.17) is 11.5 Å². The van der Waals surface area contributed by atoms with Crippen LogP contribution in [-0.2, 0) is 0 Å². The van der Waals surface area contributed by atoms with Crippen LogP contribution in [0.1, 0.15) is 38.8 Å². The van der Waals surface area contributed by atoms with Crippen LogP contribution in [0.15, 0.2) is 28.1 Å². The summed E-state index contributed by atoms with van der Waals surface area (Å²) in [7, 11) is 0. The molecule has 0 aliphatic heterocycles. The molecule has 0 amide bonds. The van der Waals surface area contributed by atoms with Crippen LogP contribution in [0, 0.1) is 13.8 Å². The molecule has 0 aliphatic carbocycles. The van der Waals surface area contributed by atoms with Crippen molar-refractivity contribution in [1.29, 1.82) is 0 Å². The highest BCUT2D eigenvalue weighted by atomic mass is 32.2. The van der Waals surface area contributed by atoms with Gasteiger partial charge in [-0.05, 0) is 39.3 Å². The van der Waals surface area contributed by atoms with E-state index in [1.54, 1.807) is 0 Å². The summed E-state index contributed by atoms with van der Waals surface area (Å²) in [5.74, 6) is 1.10. The number of nitrogens with zero attached hydrogens (tertiary/aromatic N) is 1. The van der Waals surface area contributed by atoms with Crippen molar-refractivity contribution >= 4 is 17.7 Å². The second-order valence-corrected chi connectivity index (χ2v) is 5.94. The second kappa shape index (κ2) is 10.5. The molecule has 120 valence electrons. The van der Waals surface area contributed by atoms with E-state index in [0.29, 0.717) is 6.04 Å². The Morgan fingerprint density at radius 3 is 2.43 bits per heavy atom. The first-order valence-electron chi connectivity index (χ1n) is 7.43. The number of hydrogen-bond donors (Lipinski definition) is 3. The summed E-state index contributed by atoms with van der Waals surface area (Å²) in [5.41, 5.74) is 13.3. The minimum atomic E-state index is -0.0563. The predicted molar refractivity (Wildman–Crippen MR) is 95.9 cm³/mol. The SMILES string of the molecule is CC.Cc1ccc(C)c(SCC(C)NC(C)N=C(N)N)c1. The van der Waals surface area contributed by atoms with Crippen LogP contribution < -0.4 is 16.8 Å². The van der Waals surface area contributed by atoms with Crippen molar-refractivity contribution in [2.45, 2.75) is 58.6 Å². The van der Waals surface area contributed by atoms with Gasteiger partial charge in [-0.15, -0.1) is 11.8 Å². The summed E-state index contributed by atoms with van der Waals surface area (Å²) in [5, 5.41) is 3.35. The van der Waals surface area contributed by atoms with E-state index in [-0.39, 0.29) is 12.1 Å². The van der Waals surface area contributed by atoms with Gasteiger partial charge in [0.15, 0.2) is 5.96 Å². The van der Waals surface area contributed by atoms with Gasteiger partial charge in [-0.3, -0.25) is 5.32 Å². The van der Waals surface area contributed by atoms with Gasteiger partial charge in [-0.25, -0.2) is 4.99 Å². The molecule has 21 heavy (non-hydrogen) atoms. The maximum absolute atomic E-state index is 5.35. The molecule has 2 unspecified atom stereocenters. The molecule has 0 spiro atoms. The fourth-order valence-electron chi connectivity index (χ4n) is 1.80. The summed E-state index contributed by atoms with van der Waals surface area (Å²) < 4.78 is 0. The van der Waals surface area contributed by atoms with Crippen LogP contribution >= 0.6 is 11.8 Å². The van der Waals surface area contributed by atoms with Crippen LogP contribution in [0.2, 0.25) is 0 Å². The lowest BCUT2D eigenvalue weighted by Crippen LogP contribution is -2.37. The fourth-order valence-corrected chi connectivity index (χ4v) is 2.89. The van der Waals surface area contributed by atoms with Crippen LogP contribution in [0.5, 0.6) is 0 Å². The summed E-state index contributed by atoms with van der Waals surface area (Å²) in [4.78, 5) is 5.39. The topological polar surface area (TPSA) is 76.4 Å². The molecule has 0 heterocycles. The van der Waals surface area contributed by atoms with Gasteiger partial charge in [0.1, 0.15) is 6.17 Å². The zero-order valence-corrected chi connectivity index (χ0v) is 14.9. The molecular formula is C16H30N4S. The predicted octanol–water partition coefficient (Wildman–Crippen LogP) is 3.02. The van der Waals surface area contributed by atoms with Gasteiger partial charge in [0, 0.05) is 16.7 Å². The number of nitrogens with two attached hydrogens (primary N) is 2. The highest BCUT2D eigenvalue weighted by Crippen LogP contribution is 2.24. The number of guanidine groups is 1. The van der Waals surface area contributed by atoms with Crippen molar-refractivity contribution in [3.05, 3.63) is 29.3 Å². The Morgan fingerprint density at radius 1 is 1.24 bits per heavy atom. The first-order chi connectivity index (χ1) is 9.88. The molecule has 0 aliphatic rings. The van der Waals surface area contributed by atoms with Crippen LogP contribution in [-0.4, -0.2) is 23.9 Å². The molecule has 0 fully saturated rings. The number of nitrogens with one attached hydrogen (secondary N) is 1. The van der Waals surface area contributed by atoms with Crippen molar-refractivity contribution in [2.75, 3.05) is 5.75 Å². The molecule has 1 rings (SSSR count). The van der Waals surface area contributed by atoms with Crippen LogP contribution in [0.25, 0.3) is 0 Å². The van der Waals surface area contributed by atoms with Crippen LogP contribution in [0.4, 0.5) is 0 Å². The van der Waals surface area contributed by atoms with E-state index >= 15 is 0 Å². The molecule has 0 aromatic heterocycles. The monoisotopic (exact) mass is 310 g/mol. The Hall–Kier alpha value is -1.20. The first-order valence-corrected chi connectivity index (χ1v) is 8.42. The highest BCUT2D eigenvalue weighted by molar-refractivity contribution is 7.99. The molecule has 0 bridgehead atoms. The van der Waals surface area contributed by atoms with E-state index in [2.05, 4.69) is 49.3 Å².